The van der Waals surface area contributed by atoms with Crippen LogP contribution in [0, 0.1) is 0 Å². The molecule has 1 aliphatic rings. The average molecular weight is 535 g/mol. The first-order chi connectivity index (χ1) is 17.9. The monoisotopic (exact) mass is 534 g/mol. The number of thiophene rings is 1. The minimum atomic E-state index is -3.87. The van der Waals surface area contributed by atoms with Crippen LogP contribution in [0.3, 0.4) is 0 Å². The Balaban J connectivity index is 1.18. The number of hydrogen-bond donors (Lipinski definition) is 1. The lowest BCUT2D eigenvalue weighted by Crippen LogP contribution is -2.50. The third kappa shape index (κ3) is 5.65. The number of nitrogens with one attached hydrogen (secondary N) is 1. The fourth-order valence-corrected chi connectivity index (χ4v) is 6.32. The summed E-state index contributed by atoms with van der Waals surface area (Å²) in [6, 6.07) is 19.0. The molecule has 10 heteroatoms. The van der Waals surface area contributed by atoms with Gasteiger partial charge in [0.05, 0.1) is 5.52 Å². The van der Waals surface area contributed by atoms with Crippen molar-refractivity contribution in [2.45, 2.75) is 17.7 Å². The molecule has 5 rings (SSSR count). The number of hydrogen-bond acceptors (Lipinski definition) is 6. The number of fused-ring (bicyclic) bond motifs is 1. The van der Waals surface area contributed by atoms with Crippen LogP contribution in [-0.4, -0.2) is 61.2 Å². The van der Waals surface area contributed by atoms with Crippen LogP contribution >= 0.6 is 11.3 Å². The molecule has 1 fully saturated rings. The number of amides is 2. The Morgan fingerprint density at radius 1 is 0.892 bits per heavy atom. The van der Waals surface area contributed by atoms with Gasteiger partial charge in [0.15, 0.2) is 0 Å². The van der Waals surface area contributed by atoms with Crippen molar-refractivity contribution in [2.75, 3.05) is 30.9 Å². The fraction of sp³-hybridized carbons (Fsp3) is 0.222. The van der Waals surface area contributed by atoms with Gasteiger partial charge in [0.2, 0.25) is 5.91 Å². The molecule has 190 valence electrons. The van der Waals surface area contributed by atoms with Gasteiger partial charge in [-0.05, 0) is 54.3 Å². The summed E-state index contributed by atoms with van der Waals surface area (Å²) >= 11 is 1.65. The molecule has 4 aromatic rings. The third-order valence-corrected chi connectivity index (χ3v) is 8.70. The number of carbonyl (C=O) groups is 2. The normalized spacial score (nSPS) is 14.1. The molecule has 2 aromatic heterocycles. The van der Waals surface area contributed by atoms with Crippen molar-refractivity contribution in [3.63, 3.8) is 0 Å². The van der Waals surface area contributed by atoms with E-state index in [2.05, 4.69) is 9.71 Å². The maximum atomic E-state index is 13.0. The maximum Gasteiger partial charge on any atom is 0.264 e. The molecular weight excluding hydrogens is 508 g/mol. The van der Waals surface area contributed by atoms with Crippen LogP contribution in [0.15, 0.2) is 83.2 Å². The van der Waals surface area contributed by atoms with Crippen molar-refractivity contribution >= 4 is 49.8 Å². The molecule has 1 aliphatic heterocycles. The lowest BCUT2D eigenvalue weighted by molar-refractivity contribution is -0.132. The Morgan fingerprint density at radius 3 is 2.35 bits per heavy atom. The van der Waals surface area contributed by atoms with Crippen LogP contribution in [0.1, 0.15) is 21.7 Å². The van der Waals surface area contributed by atoms with Gasteiger partial charge in [-0.25, -0.2) is 8.42 Å². The van der Waals surface area contributed by atoms with E-state index in [-0.39, 0.29) is 16.7 Å². The van der Waals surface area contributed by atoms with Crippen molar-refractivity contribution in [3.05, 3.63) is 88.7 Å². The lowest BCUT2D eigenvalue weighted by atomic mass is 10.1. The number of carbonyl (C=O) groups excluding carboxylic acids is 2. The molecule has 0 unspecified atom stereocenters. The van der Waals surface area contributed by atoms with Crippen LogP contribution in [-0.2, 0) is 21.2 Å². The van der Waals surface area contributed by atoms with Crippen LogP contribution in [0.4, 0.5) is 5.69 Å². The highest BCUT2D eigenvalue weighted by Gasteiger charge is 2.25. The molecule has 1 N–H and O–H groups in total. The summed E-state index contributed by atoms with van der Waals surface area (Å²) in [5.74, 6) is -0.0307. The molecule has 0 aliphatic carbocycles. The number of aryl methyl sites for hydroxylation is 1. The van der Waals surface area contributed by atoms with E-state index < -0.39 is 10.0 Å². The first-order valence-corrected chi connectivity index (χ1v) is 14.3. The zero-order chi connectivity index (χ0) is 25.8. The number of pyridine rings is 1. The standard InChI is InChI=1S/C27H26N4O4S2/c32-25(13-12-23-6-3-19-36-23)30-15-17-31(18-16-30)27(33)21-8-10-22(11-9-21)29-37(34,35)24-7-1-4-20-5-2-14-28-26(20)24/h1-11,14,19,29H,12-13,15-18H2. The molecule has 0 spiro atoms. The second-order valence-corrected chi connectivity index (χ2v) is 11.4. The average Bonchev–Trinajstić information content (AvgIpc) is 3.45. The molecule has 37 heavy (non-hydrogen) atoms. The number of sulfonamides is 1. The topological polar surface area (TPSA) is 99.7 Å². The van der Waals surface area contributed by atoms with Gasteiger partial charge < -0.3 is 9.80 Å². The predicted octanol–water partition coefficient (Wildman–Crippen LogP) is 4.01. The van der Waals surface area contributed by atoms with E-state index in [1.807, 2.05) is 34.5 Å². The van der Waals surface area contributed by atoms with Crippen LogP contribution < -0.4 is 4.72 Å². The molecular formula is C27H26N4O4S2. The molecule has 0 saturated carbocycles. The maximum absolute atomic E-state index is 13.0. The molecule has 1 saturated heterocycles. The Labute approximate surface area is 219 Å². The zero-order valence-corrected chi connectivity index (χ0v) is 21.7. The summed E-state index contributed by atoms with van der Waals surface area (Å²) in [6.45, 7) is 1.94. The van der Waals surface area contributed by atoms with E-state index in [1.165, 1.54) is 10.9 Å². The van der Waals surface area contributed by atoms with Gasteiger partial charge in [0.25, 0.3) is 15.9 Å². The first-order valence-electron chi connectivity index (χ1n) is 12.0. The molecule has 8 nitrogen and oxygen atoms in total. The van der Waals surface area contributed by atoms with E-state index in [1.54, 1.807) is 58.8 Å². The number of aromatic nitrogens is 1. The molecule has 2 aromatic carbocycles. The largest absolute Gasteiger partial charge is 0.339 e. The van der Waals surface area contributed by atoms with E-state index in [9.17, 15) is 18.0 Å². The molecule has 0 atom stereocenters. The van der Waals surface area contributed by atoms with E-state index >= 15 is 0 Å². The van der Waals surface area contributed by atoms with Crippen molar-refractivity contribution < 1.29 is 18.0 Å². The number of nitrogens with zero attached hydrogens (tertiary/aromatic N) is 3. The number of para-hydroxylation sites is 1. The Hall–Kier alpha value is -3.76. The summed E-state index contributed by atoms with van der Waals surface area (Å²) in [4.78, 5) is 34.6. The summed E-state index contributed by atoms with van der Waals surface area (Å²) in [5.41, 5.74) is 1.21. The van der Waals surface area contributed by atoms with Crippen LogP contribution in [0.5, 0.6) is 0 Å². The summed E-state index contributed by atoms with van der Waals surface area (Å²) < 4.78 is 28.6. The number of benzene rings is 2. The Bertz CT molecular complexity index is 1510. The zero-order valence-electron chi connectivity index (χ0n) is 20.0. The number of rotatable bonds is 7. The third-order valence-electron chi connectivity index (χ3n) is 6.35. The van der Waals surface area contributed by atoms with Gasteiger partial charge in [-0.2, -0.15) is 0 Å². The van der Waals surface area contributed by atoms with E-state index in [4.69, 9.17) is 0 Å². The minimum absolute atomic E-state index is 0.0913. The SMILES string of the molecule is O=C(CCc1cccs1)N1CCN(C(=O)c2ccc(NS(=O)(=O)c3cccc4cccnc34)cc2)CC1. The molecule has 3 heterocycles. The molecule has 0 bridgehead atoms. The van der Waals surface area contributed by atoms with Crippen LogP contribution in [0.25, 0.3) is 10.9 Å². The van der Waals surface area contributed by atoms with Gasteiger partial charge in [-0.15, -0.1) is 11.3 Å². The fourth-order valence-electron chi connectivity index (χ4n) is 4.37. The highest BCUT2D eigenvalue weighted by molar-refractivity contribution is 7.93. The van der Waals surface area contributed by atoms with Gasteiger partial charge in [-0.1, -0.05) is 24.3 Å². The van der Waals surface area contributed by atoms with E-state index in [0.29, 0.717) is 49.4 Å². The van der Waals surface area contributed by atoms with Crippen LogP contribution in [0.2, 0.25) is 0 Å². The van der Waals surface area contributed by atoms with Crippen molar-refractivity contribution in [3.8, 4) is 0 Å². The first kappa shape index (κ1) is 24.9. The van der Waals surface area contributed by atoms with Crippen molar-refractivity contribution in [1.29, 1.82) is 0 Å². The number of anilines is 1. The predicted molar refractivity (Wildman–Crippen MR) is 144 cm³/mol. The van der Waals surface area contributed by atoms with Crippen molar-refractivity contribution in [2.24, 2.45) is 0 Å². The summed E-state index contributed by atoms with van der Waals surface area (Å²) in [5, 5.41) is 2.74. The quantitative estimate of drug-likeness (QED) is 0.386. The van der Waals surface area contributed by atoms with Gasteiger partial charge >= 0.3 is 0 Å². The second-order valence-electron chi connectivity index (χ2n) is 8.77. The summed E-state index contributed by atoms with van der Waals surface area (Å²) in [7, 11) is -3.87. The second kappa shape index (κ2) is 10.7. The Morgan fingerprint density at radius 2 is 1.62 bits per heavy atom. The minimum Gasteiger partial charge on any atom is -0.339 e. The highest BCUT2D eigenvalue weighted by Crippen LogP contribution is 2.24. The number of piperazine rings is 1. The van der Waals surface area contributed by atoms with Crippen molar-refractivity contribution in [1.82, 2.24) is 14.8 Å². The Kier molecular flexibility index (Phi) is 7.20. The molecule has 0 radical (unpaired) electrons. The van der Waals surface area contributed by atoms with E-state index in [0.717, 1.165) is 11.8 Å². The summed E-state index contributed by atoms with van der Waals surface area (Å²) in [6.07, 6.45) is 2.77. The van der Waals surface area contributed by atoms with Gasteiger partial charge in [0, 0.05) is 60.3 Å². The highest BCUT2D eigenvalue weighted by atomic mass is 32.2. The van der Waals surface area contributed by atoms with Gasteiger partial charge in [-0.3, -0.25) is 19.3 Å². The smallest absolute Gasteiger partial charge is 0.264 e. The lowest BCUT2D eigenvalue weighted by Gasteiger charge is -2.35. The molecule has 2 amide bonds. The van der Waals surface area contributed by atoms with Gasteiger partial charge in [0.1, 0.15) is 4.90 Å².